The van der Waals surface area contributed by atoms with Crippen LogP contribution >= 0.6 is 22.6 Å². The molecular formula is C11H7FIN. The molecule has 0 unspecified atom stereocenters. The molecule has 0 fully saturated rings. The standard InChI is InChI=1S/C11H7FIN/c12-11-4-2-1-3-10(11)8-5-9(13)7-14-6-8/h1-7H. The van der Waals surface area contributed by atoms with Crippen molar-refractivity contribution in [2.45, 2.75) is 0 Å². The quantitative estimate of drug-likeness (QED) is 0.735. The van der Waals surface area contributed by atoms with Crippen molar-refractivity contribution in [1.82, 2.24) is 4.98 Å². The fourth-order valence-corrected chi connectivity index (χ4v) is 1.75. The van der Waals surface area contributed by atoms with E-state index in [-0.39, 0.29) is 5.82 Å². The third kappa shape index (κ3) is 1.92. The first-order valence-electron chi connectivity index (χ1n) is 4.13. The van der Waals surface area contributed by atoms with Gasteiger partial charge in [-0.15, -0.1) is 0 Å². The van der Waals surface area contributed by atoms with Gasteiger partial charge in [0.1, 0.15) is 5.82 Å². The van der Waals surface area contributed by atoms with Crippen LogP contribution in [0.25, 0.3) is 11.1 Å². The Morgan fingerprint density at radius 1 is 1.14 bits per heavy atom. The number of nitrogens with zero attached hydrogens (tertiary/aromatic N) is 1. The van der Waals surface area contributed by atoms with Crippen LogP contribution in [0.15, 0.2) is 42.7 Å². The summed E-state index contributed by atoms with van der Waals surface area (Å²) in [5.41, 5.74) is 1.41. The van der Waals surface area contributed by atoms with Crippen LogP contribution in [0.5, 0.6) is 0 Å². The van der Waals surface area contributed by atoms with Gasteiger partial charge in [0, 0.05) is 27.1 Å². The molecule has 1 aromatic heterocycles. The molecule has 0 aliphatic heterocycles. The number of halogens is 2. The highest BCUT2D eigenvalue weighted by atomic mass is 127. The van der Waals surface area contributed by atoms with E-state index in [0.717, 1.165) is 9.13 Å². The van der Waals surface area contributed by atoms with Crippen molar-refractivity contribution in [3.8, 4) is 11.1 Å². The fraction of sp³-hybridized carbons (Fsp3) is 0. The third-order valence-corrected chi connectivity index (χ3v) is 2.48. The van der Waals surface area contributed by atoms with E-state index in [9.17, 15) is 4.39 Å². The lowest BCUT2D eigenvalue weighted by Gasteiger charge is -2.02. The van der Waals surface area contributed by atoms with Crippen LogP contribution in [0.2, 0.25) is 0 Å². The normalized spacial score (nSPS) is 10.1. The van der Waals surface area contributed by atoms with Crippen LogP contribution in [-0.4, -0.2) is 4.98 Å². The summed E-state index contributed by atoms with van der Waals surface area (Å²) in [7, 11) is 0. The van der Waals surface area contributed by atoms with Gasteiger partial charge in [0.2, 0.25) is 0 Å². The SMILES string of the molecule is Fc1ccccc1-c1cncc(I)c1. The van der Waals surface area contributed by atoms with Crippen LogP contribution in [0.3, 0.4) is 0 Å². The van der Waals surface area contributed by atoms with Crippen molar-refractivity contribution < 1.29 is 4.39 Å². The maximum atomic E-state index is 13.4. The van der Waals surface area contributed by atoms with Crippen LogP contribution in [0, 0.1) is 9.39 Å². The number of hydrogen-bond donors (Lipinski definition) is 0. The molecule has 0 amide bonds. The zero-order valence-electron chi connectivity index (χ0n) is 7.24. The minimum atomic E-state index is -0.212. The average Bonchev–Trinajstić information content (AvgIpc) is 2.18. The van der Waals surface area contributed by atoms with Gasteiger partial charge in [0.15, 0.2) is 0 Å². The van der Waals surface area contributed by atoms with Crippen LogP contribution < -0.4 is 0 Å². The van der Waals surface area contributed by atoms with Gasteiger partial charge < -0.3 is 0 Å². The molecule has 0 bridgehead atoms. The summed E-state index contributed by atoms with van der Waals surface area (Å²) in [6.07, 6.45) is 3.41. The summed E-state index contributed by atoms with van der Waals surface area (Å²) in [6, 6.07) is 8.61. The van der Waals surface area contributed by atoms with Crippen molar-refractivity contribution in [2.75, 3.05) is 0 Å². The van der Waals surface area contributed by atoms with Gasteiger partial charge >= 0.3 is 0 Å². The molecule has 14 heavy (non-hydrogen) atoms. The highest BCUT2D eigenvalue weighted by molar-refractivity contribution is 14.1. The summed E-state index contributed by atoms with van der Waals surface area (Å²) < 4.78 is 14.4. The van der Waals surface area contributed by atoms with Crippen LogP contribution in [0.1, 0.15) is 0 Å². The van der Waals surface area contributed by atoms with Crippen LogP contribution in [-0.2, 0) is 0 Å². The molecule has 0 saturated heterocycles. The minimum absolute atomic E-state index is 0.212. The van der Waals surface area contributed by atoms with Gasteiger partial charge in [0.05, 0.1) is 0 Å². The summed E-state index contributed by atoms with van der Waals surface area (Å²) >= 11 is 2.16. The predicted octanol–water partition coefficient (Wildman–Crippen LogP) is 3.49. The Bertz CT molecular complexity index is 457. The number of benzene rings is 1. The van der Waals surface area contributed by atoms with Crippen molar-refractivity contribution >= 4 is 22.6 Å². The molecule has 0 aliphatic rings. The van der Waals surface area contributed by atoms with E-state index in [1.807, 2.05) is 12.1 Å². The Kier molecular flexibility index (Phi) is 2.77. The Labute approximate surface area is 95.1 Å². The molecule has 0 aliphatic carbocycles. The summed E-state index contributed by atoms with van der Waals surface area (Å²) in [5, 5.41) is 0. The van der Waals surface area contributed by atoms with E-state index in [1.165, 1.54) is 6.07 Å². The number of rotatable bonds is 1. The summed E-state index contributed by atoms with van der Waals surface area (Å²) in [5.74, 6) is -0.212. The maximum Gasteiger partial charge on any atom is 0.131 e. The van der Waals surface area contributed by atoms with E-state index in [1.54, 1.807) is 24.5 Å². The molecule has 0 saturated carbocycles. The van der Waals surface area contributed by atoms with Gasteiger partial charge in [-0.3, -0.25) is 4.98 Å². The second kappa shape index (κ2) is 4.04. The zero-order valence-corrected chi connectivity index (χ0v) is 9.40. The monoisotopic (exact) mass is 299 g/mol. The molecule has 0 N–H and O–H groups in total. The van der Waals surface area contributed by atoms with Crippen molar-refractivity contribution in [1.29, 1.82) is 0 Å². The molecule has 2 aromatic rings. The molecule has 0 spiro atoms. The van der Waals surface area contributed by atoms with Crippen molar-refractivity contribution in [3.05, 3.63) is 52.1 Å². The number of pyridine rings is 1. The van der Waals surface area contributed by atoms with E-state index < -0.39 is 0 Å². The van der Waals surface area contributed by atoms with E-state index >= 15 is 0 Å². The Morgan fingerprint density at radius 3 is 2.64 bits per heavy atom. The molecule has 3 heteroatoms. The molecule has 0 radical (unpaired) electrons. The number of hydrogen-bond acceptors (Lipinski definition) is 1. The van der Waals surface area contributed by atoms with E-state index in [4.69, 9.17) is 0 Å². The second-order valence-corrected chi connectivity index (χ2v) is 4.12. The lowest BCUT2D eigenvalue weighted by molar-refractivity contribution is 0.631. The molecular weight excluding hydrogens is 292 g/mol. The fourth-order valence-electron chi connectivity index (χ4n) is 1.25. The zero-order chi connectivity index (χ0) is 9.97. The second-order valence-electron chi connectivity index (χ2n) is 2.87. The lowest BCUT2D eigenvalue weighted by Crippen LogP contribution is -1.85. The topological polar surface area (TPSA) is 12.9 Å². The van der Waals surface area contributed by atoms with Gasteiger partial charge in [-0.1, -0.05) is 18.2 Å². The Morgan fingerprint density at radius 2 is 1.93 bits per heavy atom. The van der Waals surface area contributed by atoms with E-state index in [2.05, 4.69) is 27.6 Å². The predicted molar refractivity (Wildman–Crippen MR) is 62.3 cm³/mol. The van der Waals surface area contributed by atoms with Gasteiger partial charge in [-0.05, 0) is 34.7 Å². The van der Waals surface area contributed by atoms with Crippen molar-refractivity contribution in [3.63, 3.8) is 0 Å². The van der Waals surface area contributed by atoms with Crippen LogP contribution in [0.4, 0.5) is 4.39 Å². The number of aromatic nitrogens is 1. The average molecular weight is 299 g/mol. The molecule has 1 nitrogen and oxygen atoms in total. The molecule has 0 atom stereocenters. The molecule has 2 rings (SSSR count). The molecule has 70 valence electrons. The lowest BCUT2D eigenvalue weighted by atomic mass is 10.1. The summed E-state index contributed by atoms with van der Waals surface area (Å²) in [4.78, 5) is 4.03. The maximum absolute atomic E-state index is 13.4. The van der Waals surface area contributed by atoms with Gasteiger partial charge in [-0.2, -0.15) is 0 Å². The molecule has 1 aromatic carbocycles. The third-order valence-electron chi connectivity index (χ3n) is 1.89. The largest absolute Gasteiger partial charge is 0.263 e. The van der Waals surface area contributed by atoms with Crippen molar-refractivity contribution in [2.24, 2.45) is 0 Å². The first-order chi connectivity index (χ1) is 6.77. The first kappa shape index (κ1) is 9.58. The Hall–Kier alpha value is -0.970. The first-order valence-corrected chi connectivity index (χ1v) is 5.21. The van der Waals surface area contributed by atoms with E-state index in [0.29, 0.717) is 5.56 Å². The minimum Gasteiger partial charge on any atom is -0.263 e. The Balaban J connectivity index is 2.55. The van der Waals surface area contributed by atoms with Gasteiger partial charge in [-0.25, -0.2) is 4.39 Å². The highest BCUT2D eigenvalue weighted by Crippen LogP contribution is 2.22. The summed E-state index contributed by atoms with van der Waals surface area (Å²) in [6.45, 7) is 0. The molecule has 1 heterocycles. The van der Waals surface area contributed by atoms with Gasteiger partial charge in [0.25, 0.3) is 0 Å². The highest BCUT2D eigenvalue weighted by Gasteiger charge is 2.03. The smallest absolute Gasteiger partial charge is 0.131 e.